The number of anilines is 2. The van der Waals surface area contributed by atoms with Gasteiger partial charge in [0.2, 0.25) is 11.9 Å². The van der Waals surface area contributed by atoms with Crippen LogP contribution in [0.25, 0.3) is 27.8 Å². The molecule has 8 heteroatoms. The van der Waals surface area contributed by atoms with Crippen LogP contribution in [-0.4, -0.2) is 36.8 Å². The first-order valence-corrected chi connectivity index (χ1v) is 11.0. The molecule has 1 N–H and O–H groups in total. The quantitative estimate of drug-likeness (QED) is 0.390. The lowest BCUT2D eigenvalue weighted by molar-refractivity contribution is 0.414. The lowest BCUT2D eigenvalue weighted by Gasteiger charge is -2.10. The van der Waals surface area contributed by atoms with Gasteiger partial charge in [-0.15, -0.1) is 0 Å². The van der Waals surface area contributed by atoms with Crippen LogP contribution < -0.4 is 10.1 Å². The Labute approximate surface area is 197 Å². The minimum absolute atomic E-state index is 0.428. The van der Waals surface area contributed by atoms with Crippen LogP contribution in [0.5, 0.6) is 5.75 Å². The Balaban J connectivity index is 1.46. The summed E-state index contributed by atoms with van der Waals surface area (Å²) in [6.45, 7) is 8.09. The van der Waals surface area contributed by atoms with Crippen LogP contribution >= 0.6 is 0 Å². The zero-order valence-corrected chi connectivity index (χ0v) is 19.8. The summed E-state index contributed by atoms with van der Waals surface area (Å²) in [4.78, 5) is 18.4. The molecule has 3 heterocycles. The van der Waals surface area contributed by atoms with Crippen LogP contribution in [0.1, 0.15) is 22.5 Å². The number of nitrogens with one attached hydrogen (secondary N) is 1. The van der Waals surface area contributed by atoms with Crippen molar-refractivity contribution >= 4 is 22.8 Å². The van der Waals surface area contributed by atoms with Crippen molar-refractivity contribution in [3.63, 3.8) is 0 Å². The summed E-state index contributed by atoms with van der Waals surface area (Å²) in [7, 11) is 1.65. The minimum Gasteiger partial charge on any atom is -0.497 e. The van der Waals surface area contributed by atoms with E-state index >= 15 is 0 Å². The number of fused-ring (bicyclic) bond motifs is 1. The van der Waals surface area contributed by atoms with Crippen molar-refractivity contribution in [2.24, 2.45) is 0 Å². The summed E-state index contributed by atoms with van der Waals surface area (Å²) in [6.07, 6.45) is 3.68. The fourth-order valence-corrected chi connectivity index (χ4v) is 4.04. The molecular formula is C26H25N7O. The number of aryl methyl sites for hydroxylation is 4. The molecule has 34 heavy (non-hydrogen) atoms. The Morgan fingerprint density at radius 2 is 1.65 bits per heavy atom. The molecule has 170 valence electrons. The molecule has 3 aromatic heterocycles. The lowest BCUT2D eigenvalue weighted by atomic mass is 10.1. The number of aromatic nitrogens is 6. The predicted octanol–water partition coefficient (Wildman–Crippen LogP) is 5.26. The molecule has 0 unspecified atom stereocenters. The second-order valence-corrected chi connectivity index (χ2v) is 8.27. The molecule has 5 rings (SSSR count). The normalized spacial score (nSPS) is 11.1. The summed E-state index contributed by atoms with van der Waals surface area (Å²) in [5.74, 6) is 1.70. The minimum atomic E-state index is 0.428. The molecule has 2 aromatic carbocycles. The smallest absolute Gasteiger partial charge is 0.230 e. The van der Waals surface area contributed by atoms with E-state index in [0.29, 0.717) is 11.9 Å². The maximum absolute atomic E-state index is 5.24. The molecular weight excluding hydrogens is 426 g/mol. The molecule has 0 saturated carbocycles. The van der Waals surface area contributed by atoms with Gasteiger partial charge in [-0.05, 0) is 69.7 Å². The van der Waals surface area contributed by atoms with Crippen LogP contribution in [0.15, 0.2) is 54.9 Å². The zero-order chi connectivity index (χ0) is 23.8. The van der Waals surface area contributed by atoms with Gasteiger partial charge in [0.1, 0.15) is 5.75 Å². The molecule has 0 fully saturated rings. The van der Waals surface area contributed by atoms with Crippen LogP contribution in [0, 0.1) is 27.7 Å². The average Bonchev–Trinajstić information content (AvgIpc) is 3.22. The van der Waals surface area contributed by atoms with Crippen molar-refractivity contribution in [2.45, 2.75) is 27.7 Å². The third-order valence-electron chi connectivity index (χ3n) is 5.72. The standard InChI is InChI=1S/C26H25N7O/c1-15-12-16(2)24-21(13-15)17(3)28-26(30-24)31-25-27-11-10-23(29-25)22-14-33(32-18(22)4)19-6-8-20(34-5)9-7-19/h6-14H,1-5H3,(H,27,28,29,30,31). The topological polar surface area (TPSA) is 90.6 Å². The van der Waals surface area contributed by atoms with Crippen molar-refractivity contribution in [1.29, 1.82) is 0 Å². The van der Waals surface area contributed by atoms with Gasteiger partial charge in [0.25, 0.3) is 0 Å². The van der Waals surface area contributed by atoms with E-state index in [9.17, 15) is 0 Å². The summed E-state index contributed by atoms with van der Waals surface area (Å²) in [5, 5.41) is 8.89. The third-order valence-corrected chi connectivity index (χ3v) is 5.72. The SMILES string of the molecule is COc1ccc(-n2cc(-c3ccnc(Nc4nc(C)c5cc(C)cc(C)c5n4)n3)c(C)n2)cc1. The van der Waals surface area contributed by atoms with Crippen molar-refractivity contribution < 1.29 is 4.74 Å². The van der Waals surface area contributed by atoms with E-state index in [0.717, 1.165) is 50.5 Å². The largest absolute Gasteiger partial charge is 0.497 e. The van der Waals surface area contributed by atoms with Gasteiger partial charge in [0, 0.05) is 23.3 Å². The van der Waals surface area contributed by atoms with Gasteiger partial charge in [-0.25, -0.2) is 24.6 Å². The molecule has 0 aliphatic rings. The number of nitrogens with zero attached hydrogens (tertiary/aromatic N) is 6. The molecule has 0 atom stereocenters. The Bertz CT molecular complexity index is 1510. The number of benzene rings is 2. The summed E-state index contributed by atoms with van der Waals surface area (Å²) < 4.78 is 7.08. The molecule has 0 saturated heterocycles. The van der Waals surface area contributed by atoms with E-state index in [1.807, 2.05) is 55.1 Å². The van der Waals surface area contributed by atoms with Crippen LogP contribution in [0.4, 0.5) is 11.9 Å². The first-order valence-electron chi connectivity index (χ1n) is 11.0. The molecule has 0 bridgehead atoms. The van der Waals surface area contributed by atoms with Crippen molar-refractivity contribution in [2.75, 3.05) is 12.4 Å². The van der Waals surface area contributed by atoms with Crippen molar-refractivity contribution in [3.05, 3.63) is 77.4 Å². The first kappa shape index (κ1) is 21.5. The van der Waals surface area contributed by atoms with Crippen LogP contribution in [0.3, 0.4) is 0 Å². The van der Waals surface area contributed by atoms with Crippen molar-refractivity contribution in [1.82, 2.24) is 29.7 Å². The molecule has 0 aliphatic heterocycles. The number of methoxy groups -OCH3 is 1. The van der Waals surface area contributed by atoms with Crippen LogP contribution in [0.2, 0.25) is 0 Å². The zero-order valence-electron chi connectivity index (χ0n) is 19.8. The number of hydrogen-bond donors (Lipinski definition) is 1. The number of hydrogen-bond acceptors (Lipinski definition) is 7. The first-order chi connectivity index (χ1) is 16.4. The van der Waals surface area contributed by atoms with Gasteiger partial charge < -0.3 is 4.74 Å². The number of rotatable bonds is 5. The van der Waals surface area contributed by atoms with Gasteiger partial charge >= 0.3 is 0 Å². The third kappa shape index (κ3) is 4.05. The second kappa shape index (κ2) is 8.55. The predicted molar refractivity (Wildman–Crippen MR) is 133 cm³/mol. The van der Waals surface area contributed by atoms with Crippen LogP contribution in [-0.2, 0) is 0 Å². The van der Waals surface area contributed by atoms with E-state index < -0.39 is 0 Å². The molecule has 8 nitrogen and oxygen atoms in total. The average molecular weight is 452 g/mol. The highest BCUT2D eigenvalue weighted by molar-refractivity contribution is 5.85. The fourth-order valence-electron chi connectivity index (χ4n) is 4.04. The lowest BCUT2D eigenvalue weighted by Crippen LogP contribution is -2.04. The summed E-state index contributed by atoms with van der Waals surface area (Å²) in [6, 6.07) is 13.9. The van der Waals surface area contributed by atoms with Gasteiger partial charge in [-0.1, -0.05) is 11.6 Å². The van der Waals surface area contributed by atoms with E-state index in [1.54, 1.807) is 13.3 Å². The second-order valence-electron chi connectivity index (χ2n) is 8.27. The summed E-state index contributed by atoms with van der Waals surface area (Å²) in [5.41, 5.74) is 7.62. The van der Waals surface area contributed by atoms with E-state index in [-0.39, 0.29) is 0 Å². The highest BCUT2D eigenvalue weighted by Crippen LogP contribution is 2.26. The van der Waals surface area contributed by atoms with E-state index in [1.165, 1.54) is 5.56 Å². The van der Waals surface area contributed by atoms with E-state index in [4.69, 9.17) is 14.7 Å². The molecule has 5 aromatic rings. The van der Waals surface area contributed by atoms with Gasteiger partial charge in [0.05, 0.1) is 35.4 Å². The highest BCUT2D eigenvalue weighted by Gasteiger charge is 2.13. The molecule has 0 spiro atoms. The summed E-state index contributed by atoms with van der Waals surface area (Å²) >= 11 is 0. The molecule has 0 amide bonds. The Morgan fingerprint density at radius 1 is 0.853 bits per heavy atom. The molecule has 0 aliphatic carbocycles. The maximum Gasteiger partial charge on any atom is 0.230 e. The highest BCUT2D eigenvalue weighted by atomic mass is 16.5. The van der Waals surface area contributed by atoms with E-state index in [2.05, 4.69) is 46.4 Å². The molecule has 0 radical (unpaired) electrons. The van der Waals surface area contributed by atoms with Gasteiger partial charge in [-0.2, -0.15) is 5.10 Å². The Hall–Kier alpha value is -4.33. The Kier molecular flexibility index (Phi) is 5.41. The van der Waals surface area contributed by atoms with Crippen molar-refractivity contribution in [3.8, 4) is 22.7 Å². The monoisotopic (exact) mass is 451 g/mol. The Morgan fingerprint density at radius 3 is 2.41 bits per heavy atom. The number of ether oxygens (including phenoxy) is 1. The van der Waals surface area contributed by atoms with Gasteiger partial charge in [0.15, 0.2) is 0 Å². The van der Waals surface area contributed by atoms with Gasteiger partial charge in [-0.3, -0.25) is 5.32 Å². The maximum atomic E-state index is 5.24. The fraction of sp³-hybridized carbons (Fsp3) is 0.192.